The molecule has 7 nitrogen and oxygen atoms in total. The Morgan fingerprint density at radius 2 is 1.80 bits per heavy atom. The monoisotopic (exact) mass is 422 g/mol. The van der Waals surface area contributed by atoms with Gasteiger partial charge in [-0.25, -0.2) is 13.6 Å². The molecule has 2 heterocycles. The summed E-state index contributed by atoms with van der Waals surface area (Å²) in [4.78, 5) is 26.2. The number of benzene rings is 1. The first-order valence-corrected chi connectivity index (χ1v) is 9.77. The van der Waals surface area contributed by atoms with E-state index >= 15 is 8.78 Å². The maximum atomic E-state index is 15.6. The zero-order valence-corrected chi connectivity index (χ0v) is 16.9. The Balaban J connectivity index is 1.65. The van der Waals surface area contributed by atoms with Crippen molar-refractivity contribution in [2.75, 3.05) is 6.61 Å². The van der Waals surface area contributed by atoms with Crippen molar-refractivity contribution in [3.05, 3.63) is 68.5 Å². The molecule has 162 valence electrons. The van der Waals surface area contributed by atoms with Gasteiger partial charge < -0.3 is 14.2 Å². The topological polar surface area (TPSA) is 82.6 Å². The van der Waals surface area contributed by atoms with E-state index in [2.05, 4.69) is 4.98 Å². The first-order valence-electron chi connectivity index (χ1n) is 9.77. The summed E-state index contributed by atoms with van der Waals surface area (Å²) >= 11 is 0. The van der Waals surface area contributed by atoms with Gasteiger partial charge in [0.1, 0.15) is 18.2 Å². The van der Waals surface area contributed by atoms with Gasteiger partial charge in [0, 0.05) is 11.8 Å². The fourth-order valence-corrected chi connectivity index (χ4v) is 4.25. The average molecular weight is 422 g/mol. The van der Waals surface area contributed by atoms with Gasteiger partial charge in [-0.05, 0) is 26.3 Å². The highest BCUT2D eigenvalue weighted by molar-refractivity contribution is 5.15. The summed E-state index contributed by atoms with van der Waals surface area (Å²) in [7, 11) is 0. The van der Waals surface area contributed by atoms with E-state index in [4.69, 9.17) is 14.2 Å². The quantitative estimate of drug-likeness (QED) is 0.800. The van der Waals surface area contributed by atoms with Gasteiger partial charge in [-0.3, -0.25) is 14.3 Å². The van der Waals surface area contributed by atoms with E-state index in [1.54, 1.807) is 13.8 Å². The first-order chi connectivity index (χ1) is 14.1. The van der Waals surface area contributed by atoms with Crippen molar-refractivity contribution in [3.63, 3.8) is 0 Å². The van der Waals surface area contributed by atoms with Crippen molar-refractivity contribution in [3.8, 4) is 0 Å². The molecule has 30 heavy (non-hydrogen) atoms. The SMILES string of the molecule is Cc1cn(C2C3OC(C)(C)OC3C(COCc3ccccc3)C2(F)F)c(=O)[nH]c1=O. The number of alkyl halides is 2. The molecule has 4 unspecified atom stereocenters. The van der Waals surface area contributed by atoms with Gasteiger partial charge in [0.25, 0.3) is 11.5 Å². The van der Waals surface area contributed by atoms with E-state index < -0.39 is 47.1 Å². The molecule has 1 N–H and O–H groups in total. The number of hydrogen-bond acceptors (Lipinski definition) is 5. The van der Waals surface area contributed by atoms with Crippen LogP contribution in [0, 0.1) is 12.8 Å². The number of nitrogens with one attached hydrogen (secondary N) is 1. The molecule has 0 bridgehead atoms. The van der Waals surface area contributed by atoms with Gasteiger partial charge in [0.2, 0.25) is 0 Å². The molecule has 0 amide bonds. The van der Waals surface area contributed by atoms with E-state index in [9.17, 15) is 9.59 Å². The second-order valence-corrected chi connectivity index (χ2v) is 8.27. The number of aromatic nitrogens is 2. The Labute approximate surface area is 171 Å². The molecule has 2 aliphatic rings. The van der Waals surface area contributed by atoms with E-state index in [0.29, 0.717) is 0 Å². The molecule has 1 aromatic heterocycles. The Kier molecular flexibility index (Phi) is 5.16. The summed E-state index contributed by atoms with van der Waals surface area (Å²) in [6.45, 7) is 4.65. The van der Waals surface area contributed by atoms with E-state index in [1.165, 1.54) is 6.92 Å². The molecule has 1 aliphatic carbocycles. The smallest absolute Gasteiger partial charge is 0.328 e. The predicted octanol–water partition coefficient (Wildman–Crippen LogP) is 2.39. The second kappa shape index (κ2) is 7.40. The molecule has 0 radical (unpaired) electrons. The zero-order valence-electron chi connectivity index (χ0n) is 16.9. The van der Waals surface area contributed by atoms with Gasteiger partial charge in [0.05, 0.1) is 19.1 Å². The lowest BCUT2D eigenvalue weighted by Crippen LogP contribution is -2.45. The van der Waals surface area contributed by atoms with Crippen LogP contribution in [0.1, 0.15) is 31.0 Å². The minimum atomic E-state index is -3.36. The number of aryl methyl sites for hydroxylation is 1. The van der Waals surface area contributed by atoms with Crippen LogP contribution in [0.5, 0.6) is 0 Å². The molecule has 1 aliphatic heterocycles. The van der Waals surface area contributed by atoms with Crippen LogP contribution < -0.4 is 11.2 Å². The number of rotatable bonds is 5. The van der Waals surface area contributed by atoms with Crippen molar-refractivity contribution in [2.45, 2.75) is 57.3 Å². The molecule has 4 atom stereocenters. The van der Waals surface area contributed by atoms with Crippen LogP contribution in [0.2, 0.25) is 0 Å². The standard InChI is InChI=1S/C21H24F2N2O5/c1-12-9-25(19(27)24-18(12)26)17-16-15(29-20(2,3)30-16)14(21(17,22)23)11-28-10-13-7-5-4-6-8-13/h4-9,14-17H,10-11H2,1-3H3,(H,24,26,27). The summed E-state index contributed by atoms with van der Waals surface area (Å²) < 4.78 is 49.2. The van der Waals surface area contributed by atoms with Crippen LogP contribution in [0.25, 0.3) is 0 Å². The Bertz CT molecular complexity index is 1030. The van der Waals surface area contributed by atoms with Crippen molar-refractivity contribution in [1.82, 2.24) is 9.55 Å². The number of hydrogen-bond donors (Lipinski definition) is 1. The third-order valence-corrected chi connectivity index (χ3v) is 5.61. The van der Waals surface area contributed by atoms with Gasteiger partial charge >= 0.3 is 5.69 Å². The summed E-state index contributed by atoms with van der Waals surface area (Å²) in [6, 6.07) is 7.61. The molecule has 1 saturated carbocycles. The van der Waals surface area contributed by atoms with Crippen molar-refractivity contribution < 1.29 is 23.0 Å². The number of nitrogens with zero attached hydrogens (tertiary/aromatic N) is 1. The lowest BCUT2D eigenvalue weighted by molar-refractivity contribution is -0.204. The molecule has 1 saturated heterocycles. The molecular weight excluding hydrogens is 398 g/mol. The molecule has 1 aromatic carbocycles. The lowest BCUT2D eigenvalue weighted by atomic mass is 10.0. The van der Waals surface area contributed by atoms with Gasteiger partial charge in [-0.1, -0.05) is 30.3 Å². The Hall–Kier alpha value is -2.36. The van der Waals surface area contributed by atoms with Gasteiger partial charge in [-0.2, -0.15) is 0 Å². The fraction of sp³-hybridized carbons (Fsp3) is 0.524. The van der Waals surface area contributed by atoms with Crippen LogP contribution in [0.3, 0.4) is 0 Å². The number of aromatic amines is 1. The predicted molar refractivity (Wildman–Crippen MR) is 103 cm³/mol. The van der Waals surface area contributed by atoms with Crippen molar-refractivity contribution >= 4 is 0 Å². The molecule has 2 fully saturated rings. The largest absolute Gasteiger partial charge is 0.376 e. The lowest BCUT2D eigenvalue weighted by Gasteiger charge is -2.31. The molecule has 0 spiro atoms. The van der Waals surface area contributed by atoms with Crippen LogP contribution in [0.15, 0.2) is 46.1 Å². The van der Waals surface area contributed by atoms with Gasteiger partial charge in [0.15, 0.2) is 5.79 Å². The van der Waals surface area contributed by atoms with Crippen molar-refractivity contribution in [2.24, 2.45) is 5.92 Å². The normalized spacial score (nSPS) is 29.1. The summed E-state index contributed by atoms with van der Waals surface area (Å²) in [6.07, 6.45) is -0.878. The highest BCUT2D eigenvalue weighted by atomic mass is 19.3. The highest BCUT2D eigenvalue weighted by Crippen LogP contribution is 2.54. The second-order valence-electron chi connectivity index (χ2n) is 8.27. The minimum absolute atomic E-state index is 0.156. The van der Waals surface area contributed by atoms with Gasteiger partial charge in [-0.15, -0.1) is 0 Å². The minimum Gasteiger partial charge on any atom is -0.376 e. The number of H-pyrrole nitrogens is 1. The van der Waals surface area contributed by atoms with Crippen LogP contribution in [0.4, 0.5) is 8.78 Å². The van der Waals surface area contributed by atoms with E-state index in [-0.39, 0.29) is 18.8 Å². The van der Waals surface area contributed by atoms with E-state index in [1.807, 2.05) is 30.3 Å². The summed E-state index contributed by atoms with van der Waals surface area (Å²) in [5, 5.41) is 0. The molecular formula is C21H24F2N2O5. The molecule has 4 rings (SSSR count). The van der Waals surface area contributed by atoms with Crippen LogP contribution in [-0.2, 0) is 20.8 Å². The summed E-state index contributed by atoms with van der Waals surface area (Å²) in [5.74, 6) is -5.77. The molecule has 2 aromatic rings. The molecule has 9 heteroatoms. The van der Waals surface area contributed by atoms with Crippen LogP contribution in [-0.4, -0.2) is 40.1 Å². The fourth-order valence-electron chi connectivity index (χ4n) is 4.25. The third kappa shape index (κ3) is 3.61. The number of halogens is 2. The third-order valence-electron chi connectivity index (χ3n) is 5.61. The summed E-state index contributed by atoms with van der Waals surface area (Å²) in [5.41, 5.74) is -0.499. The number of ether oxygens (including phenoxy) is 3. The van der Waals surface area contributed by atoms with Crippen LogP contribution >= 0.6 is 0 Å². The van der Waals surface area contributed by atoms with Crippen molar-refractivity contribution in [1.29, 1.82) is 0 Å². The first kappa shape index (κ1) is 20.9. The Morgan fingerprint density at radius 1 is 1.13 bits per heavy atom. The maximum absolute atomic E-state index is 15.6. The maximum Gasteiger partial charge on any atom is 0.328 e. The van der Waals surface area contributed by atoms with E-state index in [0.717, 1.165) is 16.3 Å². The average Bonchev–Trinajstić information content (AvgIpc) is 3.07. The number of fused-ring (bicyclic) bond motifs is 1. The Morgan fingerprint density at radius 3 is 2.50 bits per heavy atom. The zero-order chi connectivity index (χ0) is 21.7. The highest BCUT2D eigenvalue weighted by Gasteiger charge is 2.69.